The first kappa shape index (κ1) is 24.0. The van der Waals surface area contributed by atoms with E-state index >= 15 is 0 Å². The van der Waals surface area contributed by atoms with Crippen LogP contribution in [0.1, 0.15) is 16.7 Å². The van der Waals surface area contributed by atoms with Crippen molar-refractivity contribution in [3.63, 3.8) is 0 Å². The molecule has 3 aromatic carbocycles. The number of carbonyl (C=O) groups excluding carboxylic acids is 1. The Morgan fingerprint density at radius 1 is 1.06 bits per heavy atom. The van der Waals surface area contributed by atoms with Crippen molar-refractivity contribution >= 4 is 29.3 Å². The molecule has 0 unspecified atom stereocenters. The van der Waals surface area contributed by atoms with Gasteiger partial charge in [0, 0.05) is 10.6 Å². The van der Waals surface area contributed by atoms with Crippen molar-refractivity contribution in [3.8, 4) is 16.9 Å². The molecule has 0 spiro atoms. The van der Waals surface area contributed by atoms with E-state index in [2.05, 4.69) is 4.74 Å². The highest BCUT2D eigenvalue weighted by Gasteiger charge is 2.33. The summed E-state index contributed by atoms with van der Waals surface area (Å²) in [7, 11) is 1.30. The van der Waals surface area contributed by atoms with Crippen molar-refractivity contribution in [2.24, 2.45) is 0 Å². The summed E-state index contributed by atoms with van der Waals surface area (Å²) < 4.78 is 49.9. The molecule has 0 saturated carbocycles. The van der Waals surface area contributed by atoms with Crippen molar-refractivity contribution in [1.29, 1.82) is 0 Å². The maximum atomic E-state index is 13.3. The monoisotopic (exact) mass is 480 g/mol. The Kier molecular flexibility index (Phi) is 7.74. The van der Waals surface area contributed by atoms with E-state index in [0.29, 0.717) is 17.1 Å². The minimum absolute atomic E-state index is 0.168. The molecule has 3 rings (SSSR count). The number of ether oxygens (including phenoxy) is 2. The van der Waals surface area contributed by atoms with Gasteiger partial charge in [-0.3, -0.25) is 0 Å². The molecular weight excluding hydrogens is 461 g/mol. The molecule has 0 saturated heterocycles. The Morgan fingerprint density at radius 2 is 1.81 bits per heavy atom. The fraction of sp³-hybridized carbons (Fsp3) is 0.208. The molecule has 0 aromatic heterocycles. The van der Waals surface area contributed by atoms with Gasteiger partial charge in [0.05, 0.1) is 17.7 Å². The number of carbonyl (C=O) groups is 1. The van der Waals surface area contributed by atoms with Crippen molar-refractivity contribution in [3.05, 3.63) is 82.4 Å². The fourth-order valence-electron chi connectivity index (χ4n) is 3.07. The van der Waals surface area contributed by atoms with Crippen LogP contribution in [-0.4, -0.2) is 19.7 Å². The third kappa shape index (κ3) is 5.99. The van der Waals surface area contributed by atoms with E-state index in [4.69, 9.17) is 16.3 Å². The van der Waals surface area contributed by atoms with Gasteiger partial charge in [0.25, 0.3) is 0 Å². The first-order chi connectivity index (χ1) is 15.2. The summed E-state index contributed by atoms with van der Waals surface area (Å²) in [4.78, 5) is 12.2. The number of aryl methyl sites for hydroxylation is 1. The largest absolute Gasteiger partial charge is 0.482 e. The third-order valence-electron chi connectivity index (χ3n) is 4.71. The summed E-state index contributed by atoms with van der Waals surface area (Å²) >= 11 is 7.32. The molecule has 32 heavy (non-hydrogen) atoms. The maximum absolute atomic E-state index is 13.3. The number of methoxy groups -OCH3 is 1. The van der Waals surface area contributed by atoms with Gasteiger partial charge in [0.1, 0.15) is 5.75 Å². The van der Waals surface area contributed by atoms with E-state index < -0.39 is 17.7 Å². The zero-order valence-electron chi connectivity index (χ0n) is 17.3. The topological polar surface area (TPSA) is 35.5 Å². The number of esters is 1. The number of hydrogen-bond acceptors (Lipinski definition) is 4. The summed E-state index contributed by atoms with van der Waals surface area (Å²) in [6.45, 7) is 1.70. The highest BCUT2D eigenvalue weighted by atomic mass is 35.5. The van der Waals surface area contributed by atoms with Crippen LogP contribution in [0, 0.1) is 6.92 Å². The molecule has 0 radical (unpaired) electrons. The fourth-order valence-corrected chi connectivity index (χ4v) is 4.29. The summed E-state index contributed by atoms with van der Waals surface area (Å²) in [5, 5.41) is -0.321. The third-order valence-corrected chi connectivity index (χ3v) is 6.09. The van der Waals surface area contributed by atoms with Crippen molar-refractivity contribution in [2.75, 3.05) is 13.7 Å². The van der Waals surface area contributed by atoms with E-state index in [9.17, 15) is 18.0 Å². The Morgan fingerprint density at radius 3 is 2.50 bits per heavy atom. The molecule has 8 heteroatoms. The Hall–Kier alpha value is -2.64. The van der Waals surface area contributed by atoms with Crippen LogP contribution in [0.15, 0.2) is 65.6 Å². The molecule has 0 N–H and O–H groups in total. The second kappa shape index (κ2) is 10.3. The average Bonchev–Trinajstić information content (AvgIpc) is 2.76. The van der Waals surface area contributed by atoms with Crippen molar-refractivity contribution in [2.45, 2.75) is 23.7 Å². The molecule has 168 valence electrons. The SMILES string of the molecule is COC(=O)COc1ccc(SCc2ccccc2-c2ccc(Cl)c(C(F)(F)F)c2)cc1C. The van der Waals surface area contributed by atoms with Gasteiger partial charge in [0.15, 0.2) is 6.61 Å². The summed E-state index contributed by atoms with van der Waals surface area (Å²) in [5.74, 6) is 0.679. The minimum Gasteiger partial charge on any atom is -0.482 e. The van der Waals surface area contributed by atoms with E-state index in [0.717, 1.165) is 27.7 Å². The predicted molar refractivity (Wildman–Crippen MR) is 120 cm³/mol. The van der Waals surface area contributed by atoms with Crippen LogP contribution in [0.4, 0.5) is 13.2 Å². The van der Waals surface area contributed by atoms with Gasteiger partial charge in [-0.1, -0.05) is 41.9 Å². The molecule has 0 aliphatic heterocycles. The average molecular weight is 481 g/mol. The lowest BCUT2D eigenvalue weighted by Gasteiger charge is -2.14. The number of halogens is 4. The lowest BCUT2D eigenvalue weighted by Crippen LogP contribution is -2.12. The van der Waals surface area contributed by atoms with Gasteiger partial charge in [-0.25, -0.2) is 4.79 Å². The number of thioether (sulfide) groups is 1. The molecule has 0 aliphatic carbocycles. The Balaban J connectivity index is 1.78. The van der Waals surface area contributed by atoms with Crippen LogP contribution >= 0.6 is 23.4 Å². The lowest BCUT2D eigenvalue weighted by molar-refractivity contribution is -0.143. The summed E-state index contributed by atoms with van der Waals surface area (Å²) in [5.41, 5.74) is 2.09. The van der Waals surface area contributed by atoms with E-state index in [1.54, 1.807) is 36.0 Å². The van der Waals surface area contributed by atoms with E-state index in [1.165, 1.54) is 13.2 Å². The van der Waals surface area contributed by atoms with E-state index in [1.807, 2.05) is 31.2 Å². The number of alkyl halides is 3. The molecule has 0 heterocycles. The highest BCUT2D eigenvalue weighted by Crippen LogP contribution is 2.38. The normalized spacial score (nSPS) is 11.3. The minimum atomic E-state index is -4.52. The highest BCUT2D eigenvalue weighted by molar-refractivity contribution is 7.98. The molecule has 0 amide bonds. The van der Waals surface area contributed by atoms with Gasteiger partial charge < -0.3 is 9.47 Å². The van der Waals surface area contributed by atoms with Crippen LogP contribution in [0.3, 0.4) is 0 Å². The summed E-state index contributed by atoms with van der Waals surface area (Å²) in [6, 6.07) is 16.9. The van der Waals surface area contributed by atoms with Gasteiger partial charge in [-0.05, 0) is 59.5 Å². The van der Waals surface area contributed by atoms with Gasteiger partial charge >= 0.3 is 12.1 Å². The first-order valence-corrected chi connectivity index (χ1v) is 10.9. The zero-order valence-corrected chi connectivity index (χ0v) is 18.9. The molecule has 3 nitrogen and oxygen atoms in total. The molecule has 0 atom stereocenters. The zero-order chi connectivity index (χ0) is 23.3. The predicted octanol–water partition coefficient (Wildman–Crippen LogP) is 7.18. The van der Waals surface area contributed by atoms with Gasteiger partial charge in [-0.2, -0.15) is 13.2 Å². The van der Waals surface area contributed by atoms with E-state index in [-0.39, 0.29) is 11.6 Å². The number of rotatable bonds is 7. The lowest BCUT2D eigenvalue weighted by atomic mass is 9.99. The van der Waals surface area contributed by atoms with Crippen LogP contribution in [0.2, 0.25) is 5.02 Å². The van der Waals surface area contributed by atoms with Crippen molar-refractivity contribution < 1.29 is 27.4 Å². The molecule has 0 fully saturated rings. The standard InChI is InChI=1S/C24H20ClF3O3S/c1-15-11-18(8-10-22(15)31-13-23(29)30-2)32-14-17-5-3-4-6-19(17)16-7-9-21(25)20(12-16)24(26,27)28/h3-12H,13-14H2,1-2H3. The quantitative estimate of drug-likeness (QED) is 0.265. The molecular formula is C24H20ClF3O3S. The summed E-state index contributed by atoms with van der Waals surface area (Å²) in [6.07, 6.45) is -4.52. The molecule has 3 aromatic rings. The van der Waals surface area contributed by atoms with Crippen molar-refractivity contribution in [1.82, 2.24) is 0 Å². The Labute approximate surface area is 193 Å². The Bertz CT molecular complexity index is 1120. The van der Waals surface area contributed by atoms with Crippen LogP contribution in [-0.2, 0) is 21.5 Å². The first-order valence-electron chi connectivity index (χ1n) is 9.57. The van der Waals surface area contributed by atoms with Crippen LogP contribution < -0.4 is 4.74 Å². The number of benzene rings is 3. The van der Waals surface area contributed by atoms with Gasteiger partial charge in [0.2, 0.25) is 0 Å². The molecule has 0 bridgehead atoms. The second-order valence-electron chi connectivity index (χ2n) is 6.93. The maximum Gasteiger partial charge on any atom is 0.417 e. The second-order valence-corrected chi connectivity index (χ2v) is 8.39. The van der Waals surface area contributed by atoms with Crippen LogP contribution in [0.5, 0.6) is 5.75 Å². The number of hydrogen-bond donors (Lipinski definition) is 0. The van der Waals surface area contributed by atoms with Crippen LogP contribution in [0.25, 0.3) is 11.1 Å². The molecule has 0 aliphatic rings. The van der Waals surface area contributed by atoms with Gasteiger partial charge in [-0.15, -0.1) is 11.8 Å². The smallest absolute Gasteiger partial charge is 0.417 e.